The van der Waals surface area contributed by atoms with Gasteiger partial charge in [0.05, 0.1) is 6.61 Å². The van der Waals surface area contributed by atoms with Gasteiger partial charge in [-0.25, -0.2) is 4.57 Å². The number of carbonyl (C=O) groups is 2. The zero-order valence-corrected chi connectivity index (χ0v) is 36.5. The fraction of sp³-hybridized carbons (Fsp3) is 0.818. The van der Waals surface area contributed by atoms with E-state index >= 15 is 0 Å². The lowest BCUT2D eigenvalue weighted by molar-refractivity contribution is -0.220. The summed E-state index contributed by atoms with van der Waals surface area (Å²) in [6.45, 7) is 3.22. The van der Waals surface area contributed by atoms with E-state index in [2.05, 4.69) is 50.3 Å². The lowest BCUT2D eigenvalue weighted by atomic mass is 9.85. The first-order chi connectivity index (χ1) is 27.9. The molecular formula is C44H79O13P. The zero-order valence-electron chi connectivity index (χ0n) is 35.6. The van der Waals surface area contributed by atoms with Crippen molar-refractivity contribution in [1.29, 1.82) is 0 Å². The molecule has 0 spiro atoms. The normalized spacial score (nSPS) is 22.8. The van der Waals surface area contributed by atoms with Gasteiger partial charge in [0.25, 0.3) is 0 Å². The van der Waals surface area contributed by atoms with Crippen molar-refractivity contribution in [2.24, 2.45) is 0 Å². The maximum absolute atomic E-state index is 12.8. The van der Waals surface area contributed by atoms with Gasteiger partial charge in [-0.15, -0.1) is 0 Å². The Morgan fingerprint density at radius 3 is 1.41 bits per heavy atom. The predicted molar refractivity (Wildman–Crippen MR) is 226 cm³/mol. The Labute approximate surface area is 348 Å². The van der Waals surface area contributed by atoms with Gasteiger partial charge < -0.3 is 39.9 Å². The summed E-state index contributed by atoms with van der Waals surface area (Å²) in [5.74, 6) is -1.12. The highest BCUT2D eigenvalue weighted by Gasteiger charge is 2.51. The van der Waals surface area contributed by atoms with E-state index in [0.29, 0.717) is 12.8 Å². The Morgan fingerprint density at radius 1 is 0.534 bits per heavy atom. The number of aliphatic hydroxyl groups excluding tert-OH is 5. The smallest absolute Gasteiger partial charge is 0.462 e. The van der Waals surface area contributed by atoms with E-state index in [4.69, 9.17) is 18.5 Å². The van der Waals surface area contributed by atoms with Crippen LogP contribution < -0.4 is 0 Å². The molecule has 0 aliphatic heterocycles. The molecule has 1 saturated carbocycles. The van der Waals surface area contributed by atoms with Crippen LogP contribution in [0.5, 0.6) is 0 Å². The van der Waals surface area contributed by atoms with Crippen molar-refractivity contribution in [2.75, 3.05) is 13.2 Å². The number of hydrogen-bond donors (Lipinski definition) is 6. The highest BCUT2D eigenvalue weighted by molar-refractivity contribution is 7.47. The molecule has 13 nitrogen and oxygen atoms in total. The number of allylic oxidation sites excluding steroid dienone is 6. The number of hydrogen-bond acceptors (Lipinski definition) is 12. The number of phosphoric ester groups is 1. The van der Waals surface area contributed by atoms with Crippen molar-refractivity contribution in [3.05, 3.63) is 36.5 Å². The molecular weight excluding hydrogens is 767 g/mol. The van der Waals surface area contributed by atoms with E-state index in [1.807, 2.05) is 0 Å². The summed E-state index contributed by atoms with van der Waals surface area (Å²) in [6, 6.07) is 0. The minimum absolute atomic E-state index is 0.0861. The van der Waals surface area contributed by atoms with Crippen LogP contribution in [0.4, 0.5) is 0 Å². The summed E-state index contributed by atoms with van der Waals surface area (Å²) in [5, 5.41) is 50.1. The molecule has 1 aliphatic rings. The topological polar surface area (TPSA) is 210 Å². The third-order valence-electron chi connectivity index (χ3n) is 10.2. The van der Waals surface area contributed by atoms with E-state index in [1.54, 1.807) is 0 Å². The van der Waals surface area contributed by atoms with Crippen molar-refractivity contribution in [1.82, 2.24) is 0 Å². The number of phosphoric acid groups is 1. The largest absolute Gasteiger partial charge is 0.472 e. The van der Waals surface area contributed by atoms with Gasteiger partial charge >= 0.3 is 19.8 Å². The molecule has 1 aliphatic carbocycles. The lowest BCUT2D eigenvalue weighted by Gasteiger charge is -2.41. The van der Waals surface area contributed by atoms with Gasteiger partial charge in [-0.05, 0) is 70.6 Å². The first-order valence-corrected chi connectivity index (χ1v) is 23.8. The van der Waals surface area contributed by atoms with Crippen LogP contribution in [0.15, 0.2) is 36.5 Å². The summed E-state index contributed by atoms with van der Waals surface area (Å²) in [4.78, 5) is 35.6. The summed E-state index contributed by atoms with van der Waals surface area (Å²) in [6.07, 6.45) is 24.9. The van der Waals surface area contributed by atoms with Crippen molar-refractivity contribution >= 4 is 19.8 Å². The number of esters is 2. The van der Waals surface area contributed by atoms with Crippen LogP contribution in [0, 0.1) is 0 Å². The molecule has 0 aromatic heterocycles. The standard InChI is InChI=1S/C44H79O13P/c1-3-5-7-9-11-13-15-17-18-19-20-21-23-25-27-29-31-33-38(46)56-36(34-54-37(45)32-30-28-26-24-22-16-14-12-10-8-6-4-2)35-55-58(52,53)57-44-42(50)40(48)39(47)41(49)43(44)51/h11-14,17-18,36,39-44,47-51H,3-10,15-16,19-35H2,1-2H3,(H,52,53)/b13-11-,14-12-,18-17-. The molecule has 6 atom stereocenters. The SMILES string of the molecule is CCCCC/C=C\C/C=C\CCCCCCCCCC(=O)OC(COC(=O)CCCCCCC/C=C\CCCCC)COP(=O)(O)OC1C(O)C(O)C(O)C(O)C1O. The Morgan fingerprint density at radius 2 is 0.931 bits per heavy atom. The molecule has 6 unspecified atom stereocenters. The maximum atomic E-state index is 12.8. The van der Waals surface area contributed by atoms with E-state index in [1.165, 1.54) is 38.5 Å². The highest BCUT2D eigenvalue weighted by atomic mass is 31.2. The summed E-state index contributed by atoms with van der Waals surface area (Å²) >= 11 is 0. The van der Waals surface area contributed by atoms with Crippen molar-refractivity contribution in [3.63, 3.8) is 0 Å². The maximum Gasteiger partial charge on any atom is 0.472 e. The first-order valence-electron chi connectivity index (χ1n) is 22.3. The molecule has 0 bridgehead atoms. The van der Waals surface area contributed by atoms with Gasteiger partial charge in [-0.1, -0.05) is 127 Å². The van der Waals surface area contributed by atoms with Crippen molar-refractivity contribution < 1.29 is 63.1 Å². The highest BCUT2D eigenvalue weighted by Crippen LogP contribution is 2.47. The lowest BCUT2D eigenvalue weighted by Crippen LogP contribution is -2.64. The van der Waals surface area contributed by atoms with Crippen molar-refractivity contribution in [2.45, 2.75) is 217 Å². The number of carbonyl (C=O) groups excluding carboxylic acids is 2. The van der Waals surface area contributed by atoms with Crippen LogP contribution in [0.25, 0.3) is 0 Å². The Kier molecular flexibility index (Phi) is 32.4. The third-order valence-corrected chi connectivity index (χ3v) is 11.2. The van der Waals surface area contributed by atoms with E-state index in [9.17, 15) is 44.6 Å². The van der Waals surface area contributed by atoms with Crippen LogP contribution in [0.2, 0.25) is 0 Å². The number of unbranched alkanes of at least 4 members (excludes halogenated alkanes) is 18. The third kappa shape index (κ3) is 27.0. The Balaban J connectivity index is 2.48. The van der Waals surface area contributed by atoms with Gasteiger partial charge in [0.15, 0.2) is 6.10 Å². The van der Waals surface area contributed by atoms with Gasteiger partial charge in [0.1, 0.15) is 43.2 Å². The average Bonchev–Trinajstić information content (AvgIpc) is 3.20. The van der Waals surface area contributed by atoms with Gasteiger partial charge in [0.2, 0.25) is 0 Å². The van der Waals surface area contributed by atoms with Crippen LogP contribution in [-0.4, -0.2) is 98.3 Å². The Hall–Kier alpha value is -1.93. The second-order valence-corrected chi connectivity index (χ2v) is 16.9. The average molecular weight is 847 g/mol. The summed E-state index contributed by atoms with van der Waals surface area (Å²) in [5.41, 5.74) is 0. The van der Waals surface area contributed by atoms with Crippen LogP contribution >= 0.6 is 7.82 Å². The molecule has 0 aromatic carbocycles. The second kappa shape index (κ2) is 34.7. The summed E-state index contributed by atoms with van der Waals surface area (Å²) in [7, 11) is -5.12. The van der Waals surface area contributed by atoms with Gasteiger partial charge in [-0.3, -0.25) is 18.6 Å². The molecule has 0 saturated heterocycles. The molecule has 0 radical (unpaired) electrons. The number of ether oxygens (including phenoxy) is 2. The minimum atomic E-state index is -5.12. The minimum Gasteiger partial charge on any atom is -0.462 e. The fourth-order valence-corrected chi connectivity index (χ4v) is 7.52. The molecule has 14 heteroatoms. The number of aliphatic hydroxyl groups is 5. The molecule has 1 fully saturated rings. The quantitative estimate of drug-likeness (QED) is 0.0152. The number of rotatable bonds is 36. The molecule has 0 heterocycles. The predicted octanol–water partition coefficient (Wildman–Crippen LogP) is 8.22. The Bertz CT molecular complexity index is 1160. The summed E-state index contributed by atoms with van der Waals surface area (Å²) < 4.78 is 33.5. The van der Waals surface area contributed by atoms with Crippen LogP contribution in [0.1, 0.15) is 174 Å². The molecule has 0 aromatic rings. The first kappa shape index (κ1) is 54.1. The molecule has 58 heavy (non-hydrogen) atoms. The molecule has 338 valence electrons. The van der Waals surface area contributed by atoms with Crippen LogP contribution in [0.3, 0.4) is 0 Å². The fourth-order valence-electron chi connectivity index (χ4n) is 6.55. The molecule has 1 rings (SSSR count). The van der Waals surface area contributed by atoms with Gasteiger partial charge in [0, 0.05) is 12.8 Å². The zero-order chi connectivity index (χ0) is 42.9. The van der Waals surface area contributed by atoms with Gasteiger partial charge in [-0.2, -0.15) is 0 Å². The van der Waals surface area contributed by atoms with Crippen molar-refractivity contribution in [3.8, 4) is 0 Å². The van der Waals surface area contributed by atoms with Crippen LogP contribution in [-0.2, 0) is 32.7 Å². The monoisotopic (exact) mass is 847 g/mol. The second-order valence-electron chi connectivity index (χ2n) is 15.5. The molecule has 0 amide bonds. The van der Waals surface area contributed by atoms with E-state index in [-0.39, 0.29) is 12.8 Å². The van der Waals surface area contributed by atoms with E-state index < -0.39 is 75.7 Å². The van der Waals surface area contributed by atoms with E-state index in [0.717, 1.165) is 96.3 Å². The molecule has 6 N–H and O–H groups in total.